The highest BCUT2D eigenvalue weighted by Crippen LogP contribution is 2.22. The van der Waals surface area contributed by atoms with Crippen LogP contribution in [-0.2, 0) is 0 Å². The molecule has 1 rings (SSSR count). The first kappa shape index (κ1) is 11.7. The highest BCUT2D eigenvalue weighted by Gasteiger charge is 2.02. The van der Waals surface area contributed by atoms with E-state index >= 15 is 0 Å². The van der Waals surface area contributed by atoms with E-state index in [1.165, 1.54) is 0 Å². The first-order valence-electron chi connectivity index (χ1n) is 4.16. The number of halogens is 1. The molecule has 15 heavy (non-hydrogen) atoms. The maximum Gasteiger partial charge on any atom is 0.200 e. The second kappa shape index (κ2) is 4.95. The highest BCUT2D eigenvalue weighted by molar-refractivity contribution is 7.80. The minimum absolute atomic E-state index is 0.0868. The smallest absolute Gasteiger partial charge is 0.200 e. The number of aliphatic imine (C=N–C) groups is 1. The van der Waals surface area contributed by atoms with Crippen LogP contribution in [0.3, 0.4) is 0 Å². The molecule has 0 saturated carbocycles. The van der Waals surface area contributed by atoms with Gasteiger partial charge in [-0.15, -0.1) is 0 Å². The summed E-state index contributed by atoms with van der Waals surface area (Å²) in [5.41, 5.74) is 12.1. The fourth-order valence-corrected chi connectivity index (χ4v) is 1.38. The third-order valence-corrected chi connectivity index (χ3v) is 2.12. The minimum atomic E-state index is -0.0868. The Morgan fingerprint density at radius 1 is 1.47 bits per heavy atom. The third-order valence-electron chi connectivity index (χ3n) is 1.59. The molecule has 0 saturated heterocycles. The van der Waals surface area contributed by atoms with Gasteiger partial charge in [-0.1, -0.05) is 17.7 Å². The summed E-state index contributed by atoms with van der Waals surface area (Å²) in [5, 5.41) is 3.58. The van der Waals surface area contributed by atoms with Gasteiger partial charge in [-0.25, -0.2) is 0 Å². The van der Waals surface area contributed by atoms with Crippen LogP contribution in [0.1, 0.15) is 5.56 Å². The number of hydrogen-bond acceptors (Lipinski definition) is 1. The van der Waals surface area contributed by atoms with Gasteiger partial charge in [0.05, 0.1) is 10.7 Å². The largest absolute Gasteiger partial charge is 0.370 e. The lowest BCUT2D eigenvalue weighted by Crippen LogP contribution is -2.25. The van der Waals surface area contributed by atoms with Gasteiger partial charge in [0.2, 0.25) is 5.11 Å². The normalized spacial score (nSPS) is 9.47. The molecule has 5 N–H and O–H groups in total. The van der Waals surface area contributed by atoms with E-state index in [9.17, 15) is 0 Å². The predicted octanol–water partition coefficient (Wildman–Crippen LogP) is 1.62. The number of nitrogens with zero attached hydrogens (tertiary/aromatic N) is 1. The van der Waals surface area contributed by atoms with E-state index in [1.807, 2.05) is 19.1 Å². The molecule has 0 spiro atoms. The Balaban J connectivity index is 2.85. The van der Waals surface area contributed by atoms with E-state index < -0.39 is 0 Å². The Labute approximate surface area is 98.3 Å². The van der Waals surface area contributed by atoms with Crippen LogP contribution in [0.2, 0.25) is 5.02 Å². The van der Waals surface area contributed by atoms with Crippen LogP contribution in [0, 0.1) is 6.92 Å². The van der Waals surface area contributed by atoms with Crippen LogP contribution in [0.4, 0.5) is 5.69 Å². The molecule has 0 atom stereocenters. The first-order valence-corrected chi connectivity index (χ1v) is 4.94. The van der Waals surface area contributed by atoms with Crippen molar-refractivity contribution < 1.29 is 0 Å². The summed E-state index contributed by atoms with van der Waals surface area (Å²) < 4.78 is 0. The molecule has 0 aliphatic carbocycles. The lowest BCUT2D eigenvalue weighted by molar-refractivity contribution is 1.45. The fourth-order valence-electron chi connectivity index (χ4n) is 0.995. The quantitative estimate of drug-likeness (QED) is 0.397. The maximum absolute atomic E-state index is 5.94. The molecule has 6 heteroatoms. The molecular formula is C9H11ClN4S. The number of rotatable bonds is 1. The number of thiocarbonyl (C=S) groups is 1. The fraction of sp³-hybridized carbons (Fsp3) is 0.111. The van der Waals surface area contributed by atoms with Crippen molar-refractivity contribution in [3.63, 3.8) is 0 Å². The van der Waals surface area contributed by atoms with Crippen LogP contribution in [0.5, 0.6) is 0 Å². The lowest BCUT2D eigenvalue weighted by Gasteiger charge is -2.07. The summed E-state index contributed by atoms with van der Waals surface area (Å²) >= 11 is 10.8. The summed E-state index contributed by atoms with van der Waals surface area (Å²) in [6.07, 6.45) is 0. The van der Waals surface area contributed by atoms with E-state index in [2.05, 4.69) is 10.3 Å². The van der Waals surface area contributed by atoms with E-state index in [-0.39, 0.29) is 11.1 Å². The lowest BCUT2D eigenvalue weighted by atomic mass is 10.2. The van der Waals surface area contributed by atoms with Gasteiger partial charge in [-0.05, 0) is 36.8 Å². The van der Waals surface area contributed by atoms with Crippen LogP contribution in [-0.4, -0.2) is 11.1 Å². The van der Waals surface area contributed by atoms with Gasteiger partial charge < -0.3 is 16.8 Å². The van der Waals surface area contributed by atoms with Gasteiger partial charge in [-0.3, -0.25) is 0 Å². The topological polar surface area (TPSA) is 76.4 Å². The monoisotopic (exact) mass is 242 g/mol. The van der Waals surface area contributed by atoms with Crippen LogP contribution in [0.15, 0.2) is 23.2 Å². The molecule has 1 aromatic carbocycles. The highest BCUT2D eigenvalue weighted by atomic mass is 35.5. The molecule has 0 heterocycles. The van der Waals surface area contributed by atoms with Crippen molar-refractivity contribution in [2.24, 2.45) is 16.5 Å². The second-order valence-corrected chi connectivity index (χ2v) is 3.74. The Bertz CT molecular complexity index is 413. The van der Waals surface area contributed by atoms with Crippen LogP contribution >= 0.6 is 23.8 Å². The van der Waals surface area contributed by atoms with Crippen molar-refractivity contribution >= 4 is 40.6 Å². The molecule has 1 aromatic rings. The van der Waals surface area contributed by atoms with E-state index in [4.69, 9.17) is 35.3 Å². The summed E-state index contributed by atoms with van der Waals surface area (Å²) in [7, 11) is 0. The van der Waals surface area contributed by atoms with Gasteiger partial charge in [-0.2, -0.15) is 4.99 Å². The molecule has 0 unspecified atom stereocenters. The number of nitrogens with one attached hydrogen (secondary N) is 1. The van der Waals surface area contributed by atoms with Crippen molar-refractivity contribution in [2.45, 2.75) is 6.92 Å². The number of anilines is 1. The first-order chi connectivity index (χ1) is 6.99. The van der Waals surface area contributed by atoms with Gasteiger partial charge in [0.25, 0.3) is 0 Å². The van der Waals surface area contributed by atoms with Crippen molar-refractivity contribution in [1.82, 2.24) is 0 Å². The van der Waals surface area contributed by atoms with E-state index in [1.54, 1.807) is 6.07 Å². The van der Waals surface area contributed by atoms with Gasteiger partial charge >= 0.3 is 0 Å². The van der Waals surface area contributed by atoms with Crippen LogP contribution < -0.4 is 16.8 Å². The number of hydrogen-bond donors (Lipinski definition) is 3. The molecule has 80 valence electrons. The molecular weight excluding hydrogens is 232 g/mol. The molecule has 0 bridgehead atoms. The molecule has 0 aromatic heterocycles. The third kappa shape index (κ3) is 3.73. The van der Waals surface area contributed by atoms with Crippen molar-refractivity contribution in [2.75, 3.05) is 5.32 Å². The summed E-state index contributed by atoms with van der Waals surface area (Å²) in [6, 6.07) is 5.53. The molecule has 0 radical (unpaired) electrons. The Kier molecular flexibility index (Phi) is 3.88. The SMILES string of the molecule is Cc1ccc(Cl)c(NC(=S)N=C(N)N)c1. The number of guanidine groups is 1. The summed E-state index contributed by atoms with van der Waals surface area (Å²) in [4.78, 5) is 3.68. The predicted molar refractivity (Wildman–Crippen MR) is 68.2 cm³/mol. The van der Waals surface area contributed by atoms with E-state index in [0.29, 0.717) is 10.7 Å². The van der Waals surface area contributed by atoms with Crippen molar-refractivity contribution in [1.29, 1.82) is 0 Å². The Morgan fingerprint density at radius 2 is 2.13 bits per heavy atom. The minimum Gasteiger partial charge on any atom is -0.370 e. The Hall–Kier alpha value is -1.33. The van der Waals surface area contributed by atoms with Gasteiger partial charge in [0.1, 0.15) is 0 Å². The zero-order valence-corrected chi connectivity index (χ0v) is 9.69. The number of benzene rings is 1. The van der Waals surface area contributed by atoms with Crippen LogP contribution in [0.25, 0.3) is 0 Å². The summed E-state index contributed by atoms with van der Waals surface area (Å²) in [5.74, 6) is -0.0868. The average Bonchev–Trinajstić information content (AvgIpc) is 2.10. The Morgan fingerprint density at radius 3 is 2.73 bits per heavy atom. The standard InChI is InChI=1S/C9H11ClN4S/c1-5-2-3-6(10)7(4-5)13-9(15)14-8(11)12/h2-4H,1H3,(H5,11,12,13,14,15). The molecule has 0 aliphatic heterocycles. The molecule has 4 nitrogen and oxygen atoms in total. The summed E-state index contributed by atoms with van der Waals surface area (Å²) in [6.45, 7) is 1.95. The molecule has 0 amide bonds. The van der Waals surface area contributed by atoms with Gasteiger partial charge in [0.15, 0.2) is 5.96 Å². The number of nitrogens with two attached hydrogens (primary N) is 2. The number of aryl methyl sites for hydroxylation is 1. The van der Waals surface area contributed by atoms with Crippen molar-refractivity contribution in [3.05, 3.63) is 28.8 Å². The second-order valence-electron chi connectivity index (χ2n) is 2.95. The maximum atomic E-state index is 5.94. The zero-order valence-electron chi connectivity index (χ0n) is 8.12. The molecule has 0 aliphatic rings. The van der Waals surface area contributed by atoms with Crippen molar-refractivity contribution in [3.8, 4) is 0 Å². The van der Waals surface area contributed by atoms with E-state index in [0.717, 1.165) is 5.56 Å². The van der Waals surface area contributed by atoms with Gasteiger partial charge in [0, 0.05) is 0 Å². The average molecular weight is 243 g/mol. The zero-order chi connectivity index (χ0) is 11.4. The molecule has 0 fully saturated rings.